The highest BCUT2D eigenvalue weighted by Crippen LogP contribution is 2.35. The Morgan fingerprint density at radius 3 is 2.06 bits per heavy atom. The van der Waals surface area contributed by atoms with Crippen molar-refractivity contribution in [1.82, 2.24) is 0 Å². The summed E-state index contributed by atoms with van der Waals surface area (Å²) < 4.78 is 57.9. The van der Waals surface area contributed by atoms with Crippen LogP contribution in [0.2, 0.25) is 0 Å². The molecule has 0 aliphatic heterocycles. The van der Waals surface area contributed by atoms with E-state index in [1.165, 1.54) is 13.0 Å². The van der Waals surface area contributed by atoms with Gasteiger partial charge in [-0.1, -0.05) is 17.7 Å². The molecule has 0 fully saturated rings. The number of hydrogen-bond acceptors (Lipinski definition) is 3. The first kappa shape index (κ1) is 16.2. The minimum absolute atomic E-state index is 0.215. The van der Waals surface area contributed by atoms with Gasteiger partial charge >= 0.3 is 6.18 Å². The van der Waals surface area contributed by atoms with Crippen molar-refractivity contribution in [2.24, 2.45) is 0 Å². The molecule has 0 spiro atoms. The molecule has 0 aliphatic rings. The van der Waals surface area contributed by atoms with Crippen molar-refractivity contribution in [3.8, 4) is 0 Å². The summed E-state index contributed by atoms with van der Waals surface area (Å²) in [7, 11) is -2.60. The molecule has 0 bridgehead atoms. The van der Waals surface area contributed by atoms with Crippen molar-refractivity contribution in [3.63, 3.8) is 0 Å². The Labute approximate surface area is 99.6 Å². The molecule has 0 aromatic carbocycles. The van der Waals surface area contributed by atoms with E-state index in [-0.39, 0.29) is 11.3 Å². The number of thiol groups is 1. The smallest absolute Gasteiger partial charge is 0.377 e. The van der Waals surface area contributed by atoms with E-state index in [9.17, 15) is 26.7 Å². The fourth-order valence-corrected chi connectivity index (χ4v) is 1.42. The summed E-state index contributed by atoms with van der Waals surface area (Å²) in [5.41, 5.74) is -2.81. The lowest BCUT2D eigenvalue weighted by molar-refractivity contribution is -0.236. The van der Waals surface area contributed by atoms with Crippen LogP contribution in [0.4, 0.5) is 13.2 Å². The summed E-state index contributed by atoms with van der Waals surface area (Å²) in [4.78, 5) is 0. The van der Waals surface area contributed by atoms with Crippen LogP contribution in [0, 0.1) is 0 Å². The standard InChI is InChI=1S/C10H15F3O3S/c1-7(6-17(15)16)4-5-8(2)9(3,14)10(11,12)13/h4-5,14,17H,6H2,1-3H3/b7-4+,8-5+. The highest BCUT2D eigenvalue weighted by Gasteiger charge is 2.50. The van der Waals surface area contributed by atoms with Crippen molar-refractivity contribution in [3.05, 3.63) is 23.3 Å². The van der Waals surface area contributed by atoms with Gasteiger partial charge in [-0.15, -0.1) is 0 Å². The van der Waals surface area contributed by atoms with E-state index in [4.69, 9.17) is 0 Å². The molecule has 17 heavy (non-hydrogen) atoms. The minimum atomic E-state index is -4.76. The van der Waals surface area contributed by atoms with Gasteiger partial charge in [0.15, 0.2) is 5.60 Å². The first-order chi connectivity index (χ1) is 7.48. The number of alkyl halides is 3. The van der Waals surface area contributed by atoms with Crippen LogP contribution in [0.25, 0.3) is 0 Å². The van der Waals surface area contributed by atoms with Gasteiger partial charge in [-0.05, 0) is 26.3 Å². The monoisotopic (exact) mass is 272 g/mol. The lowest BCUT2D eigenvalue weighted by atomic mass is 9.96. The van der Waals surface area contributed by atoms with Crippen LogP contribution in [-0.4, -0.2) is 31.1 Å². The summed E-state index contributed by atoms with van der Waals surface area (Å²) in [6.45, 7) is 3.27. The number of hydrogen-bond donors (Lipinski definition) is 2. The quantitative estimate of drug-likeness (QED) is 0.606. The highest BCUT2D eigenvalue weighted by atomic mass is 32.2. The Bertz CT molecular complexity index is 396. The van der Waals surface area contributed by atoms with Crippen LogP contribution in [0.15, 0.2) is 23.3 Å². The Kier molecular flexibility index (Phi) is 5.41. The first-order valence-corrected chi connectivity index (χ1v) is 6.10. The molecular formula is C10H15F3O3S. The van der Waals surface area contributed by atoms with Gasteiger partial charge in [0, 0.05) is 0 Å². The van der Waals surface area contributed by atoms with E-state index < -0.39 is 22.5 Å². The van der Waals surface area contributed by atoms with Gasteiger partial charge in [0.1, 0.15) is 10.7 Å². The second-order valence-electron chi connectivity index (χ2n) is 3.92. The molecule has 1 unspecified atom stereocenters. The molecule has 0 aromatic rings. The van der Waals surface area contributed by atoms with Gasteiger partial charge in [0.2, 0.25) is 0 Å². The van der Waals surface area contributed by atoms with Crippen molar-refractivity contribution in [1.29, 1.82) is 0 Å². The number of allylic oxidation sites excluding steroid dienone is 2. The number of aliphatic hydroxyl groups is 1. The van der Waals surface area contributed by atoms with E-state index in [1.54, 1.807) is 0 Å². The van der Waals surface area contributed by atoms with Crippen LogP contribution in [0.3, 0.4) is 0 Å². The van der Waals surface area contributed by atoms with Crippen LogP contribution in [0.5, 0.6) is 0 Å². The summed E-state index contributed by atoms with van der Waals surface area (Å²) in [5, 5.41) is 9.27. The third kappa shape index (κ3) is 4.91. The van der Waals surface area contributed by atoms with Crippen LogP contribution in [-0.2, 0) is 10.7 Å². The van der Waals surface area contributed by atoms with Crippen molar-refractivity contribution >= 4 is 10.7 Å². The third-order valence-electron chi connectivity index (χ3n) is 2.32. The average Bonchev–Trinajstić information content (AvgIpc) is 2.10. The molecule has 7 heteroatoms. The van der Waals surface area contributed by atoms with E-state index in [0.29, 0.717) is 12.5 Å². The van der Waals surface area contributed by atoms with Crippen molar-refractivity contribution < 1.29 is 26.7 Å². The molecule has 0 saturated carbocycles. The predicted octanol–water partition coefficient (Wildman–Crippen LogP) is 1.80. The van der Waals surface area contributed by atoms with Gasteiger partial charge < -0.3 is 5.11 Å². The molecular weight excluding hydrogens is 257 g/mol. The predicted molar refractivity (Wildman–Crippen MR) is 59.4 cm³/mol. The Morgan fingerprint density at radius 2 is 1.71 bits per heavy atom. The molecule has 1 N–H and O–H groups in total. The SMILES string of the molecule is C/C(=C\C=C(/C)C(C)(O)C(F)(F)F)C[SH](=O)=O. The van der Waals surface area contributed by atoms with Gasteiger partial charge in [-0.3, -0.25) is 0 Å². The largest absolute Gasteiger partial charge is 0.420 e. The maximum absolute atomic E-state index is 12.4. The third-order valence-corrected chi connectivity index (χ3v) is 3.07. The zero-order chi connectivity index (χ0) is 13.9. The zero-order valence-electron chi connectivity index (χ0n) is 9.71. The van der Waals surface area contributed by atoms with Crippen molar-refractivity contribution in [2.45, 2.75) is 32.5 Å². The van der Waals surface area contributed by atoms with Crippen LogP contribution >= 0.6 is 0 Å². The zero-order valence-corrected chi connectivity index (χ0v) is 10.6. The lowest BCUT2D eigenvalue weighted by Gasteiger charge is -2.27. The Morgan fingerprint density at radius 1 is 1.24 bits per heavy atom. The molecule has 100 valence electrons. The van der Waals surface area contributed by atoms with E-state index in [2.05, 4.69) is 0 Å². The van der Waals surface area contributed by atoms with Crippen LogP contribution < -0.4 is 0 Å². The van der Waals surface area contributed by atoms with E-state index in [1.807, 2.05) is 0 Å². The average molecular weight is 272 g/mol. The van der Waals surface area contributed by atoms with Gasteiger partial charge in [0.25, 0.3) is 0 Å². The fourth-order valence-electron chi connectivity index (χ4n) is 0.909. The molecule has 0 aliphatic carbocycles. The fraction of sp³-hybridized carbons (Fsp3) is 0.600. The molecule has 1 atom stereocenters. The molecule has 0 saturated heterocycles. The Hall–Kier alpha value is -0.820. The molecule has 0 rings (SSSR count). The summed E-state index contributed by atoms with van der Waals surface area (Å²) in [5.74, 6) is -0.215. The lowest BCUT2D eigenvalue weighted by Crippen LogP contribution is -2.43. The molecule has 0 amide bonds. The molecule has 0 aromatic heterocycles. The van der Waals surface area contributed by atoms with Crippen molar-refractivity contribution in [2.75, 3.05) is 5.75 Å². The molecule has 0 radical (unpaired) electrons. The second kappa shape index (κ2) is 5.68. The summed E-state index contributed by atoms with van der Waals surface area (Å²) in [6.07, 6.45) is -2.44. The maximum atomic E-state index is 12.4. The molecule has 0 heterocycles. The highest BCUT2D eigenvalue weighted by molar-refractivity contribution is 7.72. The van der Waals surface area contributed by atoms with E-state index in [0.717, 1.165) is 13.0 Å². The van der Waals surface area contributed by atoms with Gasteiger partial charge in [-0.25, -0.2) is 8.42 Å². The van der Waals surface area contributed by atoms with E-state index >= 15 is 0 Å². The number of halogens is 3. The van der Waals surface area contributed by atoms with Gasteiger partial charge in [0.05, 0.1) is 5.75 Å². The topological polar surface area (TPSA) is 54.4 Å². The first-order valence-electron chi connectivity index (χ1n) is 4.74. The van der Waals surface area contributed by atoms with Crippen LogP contribution in [0.1, 0.15) is 20.8 Å². The normalized spacial score (nSPS) is 18.4. The minimum Gasteiger partial charge on any atom is -0.377 e. The van der Waals surface area contributed by atoms with Gasteiger partial charge in [-0.2, -0.15) is 13.2 Å². The summed E-state index contributed by atoms with van der Waals surface area (Å²) >= 11 is 0. The Balaban J connectivity index is 5.00. The molecule has 3 nitrogen and oxygen atoms in total. The summed E-state index contributed by atoms with van der Waals surface area (Å²) in [6, 6.07) is 0. The maximum Gasteiger partial charge on any atom is 0.420 e. The second-order valence-corrected chi connectivity index (χ2v) is 4.91. The number of rotatable bonds is 4.